The van der Waals surface area contributed by atoms with Crippen LogP contribution in [-0.2, 0) is 4.74 Å². The van der Waals surface area contributed by atoms with Gasteiger partial charge in [-0.1, -0.05) is 26.2 Å². The van der Waals surface area contributed by atoms with Crippen LogP contribution < -0.4 is 5.32 Å². The Bertz CT molecular complexity index is 231. The zero-order valence-corrected chi connectivity index (χ0v) is 11.7. The fourth-order valence-corrected chi connectivity index (χ4v) is 2.80. The molecule has 2 fully saturated rings. The number of hydrogen-bond donors (Lipinski definition) is 2. The molecule has 106 valence electrons. The molecule has 0 aromatic carbocycles. The van der Waals surface area contributed by atoms with Gasteiger partial charge >= 0.3 is 0 Å². The highest BCUT2D eigenvalue weighted by molar-refractivity contribution is 4.78. The fraction of sp³-hybridized carbons (Fsp3) is 1.00. The Hall–Kier alpha value is -0.120. The molecule has 3 nitrogen and oxygen atoms in total. The van der Waals surface area contributed by atoms with Crippen LogP contribution in [0.1, 0.15) is 51.9 Å². The van der Waals surface area contributed by atoms with Crippen LogP contribution in [-0.4, -0.2) is 37.0 Å². The van der Waals surface area contributed by atoms with Crippen LogP contribution in [0.25, 0.3) is 0 Å². The molecule has 0 aromatic rings. The number of aliphatic hydroxyl groups is 1. The third-order valence-electron chi connectivity index (χ3n) is 4.34. The normalized spacial score (nSPS) is 31.0. The summed E-state index contributed by atoms with van der Waals surface area (Å²) in [6, 6.07) is 0.589. The maximum absolute atomic E-state index is 9.88. The molecule has 18 heavy (non-hydrogen) atoms. The molecule has 3 atom stereocenters. The van der Waals surface area contributed by atoms with Crippen LogP contribution in [0.4, 0.5) is 0 Å². The van der Waals surface area contributed by atoms with Crippen LogP contribution in [0.3, 0.4) is 0 Å². The highest BCUT2D eigenvalue weighted by Crippen LogP contribution is 2.28. The summed E-state index contributed by atoms with van der Waals surface area (Å²) in [5.41, 5.74) is 0. The minimum absolute atomic E-state index is 0.348. The Kier molecular flexibility index (Phi) is 5.93. The van der Waals surface area contributed by atoms with Crippen molar-refractivity contribution in [2.45, 2.75) is 64.0 Å². The van der Waals surface area contributed by atoms with Crippen molar-refractivity contribution >= 4 is 0 Å². The van der Waals surface area contributed by atoms with Crippen molar-refractivity contribution in [2.75, 3.05) is 19.8 Å². The lowest BCUT2D eigenvalue weighted by atomic mass is 9.97. The van der Waals surface area contributed by atoms with E-state index in [1.807, 2.05) is 0 Å². The average molecular weight is 255 g/mol. The standard InChI is InChI=1S/C15H29NO2/c1-12-5-3-2-4-6-15(12)16-9-14(17)11-18-10-13-7-8-13/h12-17H,2-11H2,1H3. The predicted octanol–water partition coefficient (Wildman–Crippen LogP) is 2.33. The molecule has 0 radical (unpaired) electrons. The molecule has 0 heterocycles. The number of aliphatic hydroxyl groups excluding tert-OH is 1. The second kappa shape index (κ2) is 7.46. The lowest BCUT2D eigenvalue weighted by Crippen LogP contribution is -2.40. The molecule has 0 aromatic heterocycles. The molecule has 0 saturated heterocycles. The van der Waals surface area contributed by atoms with Gasteiger partial charge in [0, 0.05) is 19.2 Å². The number of ether oxygens (including phenoxy) is 1. The molecule has 2 aliphatic carbocycles. The largest absolute Gasteiger partial charge is 0.389 e. The van der Waals surface area contributed by atoms with Crippen molar-refractivity contribution in [3.63, 3.8) is 0 Å². The minimum Gasteiger partial charge on any atom is -0.389 e. The smallest absolute Gasteiger partial charge is 0.0897 e. The van der Waals surface area contributed by atoms with Crippen molar-refractivity contribution in [3.05, 3.63) is 0 Å². The van der Waals surface area contributed by atoms with Crippen LogP contribution in [0, 0.1) is 11.8 Å². The van der Waals surface area contributed by atoms with Crippen LogP contribution >= 0.6 is 0 Å². The van der Waals surface area contributed by atoms with E-state index in [0.29, 0.717) is 19.2 Å². The first-order chi connectivity index (χ1) is 8.75. The second-order valence-electron chi connectivity index (χ2n) is 6.26. The Balaban J connectivity index is 1.56. The first-order valence-corrected chi connectivity index (χ1v) is 7.75. The number of rotatable bonds is 7. The van der Waals surface area contributed by atoms with E-state index in [0.717, 1.165) is 18.4 Å². The predicted molar refractivity (Wildman–Crippen MR) is 73.6 cm³/mol. The Labute approximate surface area is 111 Å². The van der Waals surface area contributed by atoms with Crippen molar-refractivity contribution in [2.24, 2.45) is 11.8 Å². The monoisotopic (exact) mass is 255 g/mol. The maximum atomic E-state index is 9.88. The molecule has 0 amide bonds. The molecule has 3 unspecified atom stereocenters. The van der Waals surface area contributed by atoms with Gasteiger partial charge in [-0.25, -0.2) is 0 Å². The summed E-state index contributed by atoms with van der Waals surface area (Å²) in [4.78, 5) is 0. The fourth-order valence-electron chi connectivity index (χ4n) is 2.80. The zero-order chi connectivity index (χ0) is 12.8. The molecule has 0 spiro atoms. The van der Waals surface area contributed by atoms with Gasteiger partial charge in [0.25, 0.3) is 0 Å². The van der Waals surface area contributed by atoms with E-state index in [1.54, 1.807) is 0 Å². The summed E-state index contributed by atoms with van der Waals surface area (Å²) in [6.45, 7) is 4.35. The average Bonchev–Trinajstić information content (AvgIpc) is 3.16. The van der Waals surface area contributed by atoms with E-state index >= 15 is 0 Å². The highest BCUT2D eigenvalue weighted by atomic mass is 16.5. The van der Waals surface area contributed by atoms with Crippen LogP contribution in [0.15, 0.2) is 0 Å². The topological polar surface area (TPSA) is 41.5 Å². The molecule has 3 heteroatoms. The van der Waals surface area contributed by atoms with Gasteiger partial charge in [-0.15, -0.1) is 0 Å². The van der Waals surface area contributed by atoms with Crippen molar-refractivity contribution in [1.29, 1.82) is 0 Å². The van der Waals surface area contributed by atoms with Gasteiger partial charge in [-0.3, -0.25) is 0 Å². The van der Waals surface area contributed by atoms with Crippen molar-refractivity contribution in [1.82, 2.24) is 5.32 Å². The van der Waals surface area contributed by atoms with Crippen molar-refractivity contribution in [3.8, 4) is 0 Å². The molecule has 0 bridgehead atoms. The summed E-state index contributed by atoms with van der Waals surface area (Å²) < 4.78 is 5.52. The highest BCUT2D eigenvalue weighted by Gasteiger charge is 2.22. The van der Waals surface area contributed by atoms with Gasteiger partial charge in [-0.05, 0) is 37.5 Å². The summed E-state index contributed by atoms with van der Waals surface area (Å²) in [5.74, 6) is 1.53. The van der Waals surface area contributed by atoms with Crippen molar-refractivity contribution < 1.29 is 9.84 Å². The molecular weight excluding hydrogens is 226 g/mol. The summed E-state index contributed by atoms with van der Waals surface area (Å²) in [7, 11) is 0. The molecular formula is C15H29NO2. The Morgan fingerprint density at radius 2 is 1.94 bits per heavy atom. The SMILES string of the molecule is CC1CCCCCC1NCC(O)COCC1CC1. The van der Waals surface area contributed by atoms with Gasteiger partial charge in [0.2, 0.25) is 0 Å². The van der Waals surface area contributed by atoms with E-state index in [9.17, 15) is 5.11 Å². The molecule has 0 aliphatic heterocycles. The van der Waals surface area contributed by atoms with E-state index in [-0.39, 0.29) is 6.10 Å². The number of hydrogen-bond acceptors (Lipinski definition) is 3. The Morgan fingerprint density at radius 3 is 2.72 bits per heavy atom. The minimum atomic E-state index is -0.348. The molecule has 2 aliphatic rings. The quantitative estimate of drug-likeness (QED) is 0.686. The number of nitrogens with one attached hydrogen (secondary N) is 1. The van der Waals surface area contributed by atoms with E-state index in [1.165, 1.54) is 44.9 Å². The first kappa shape index (κ1) is 14.3. The van der Waals surface area contributed by atoms with Gasteiger partial charge in [0.15, 0.2) is 0 Å². The zero-order valence-electron chi connectivity index (χ0n) is 11.7. The summed E-state index contributed by atoms with van der Waals surface area (Å²) in [5, 5.41) is 13.4. The summed E-state index contributed by atoms with van der Waals surface area (Å²) >= 11 is 0. The molecule has 2 N–H and O–H groups in total. The Morgan fingerprint density at radius 1 is 1.17 bits per heavy atom. The lowest BCUT2D eigenvalue weighted by Gasteiger charge is -2.24. The maximum Gasteiger partial charge on any atom is 0.0897 e. The van der Waals surface area contributed by atoms with Gasteiger partial charge < -0.3 is 15.2 Å². The summed E-state index contributed by atoms with van der Waals surface area (Å²) in [6.07, 6.45) is 8.93. The van der Waals surface area contributed by atoms with Crippen LogP contribution in [0.5, 0.6) is 0 Å². The second-order valence-corrected chi connectivity index (χ2v) is 6.26. The van der Waals surface area contributed by atoms with E-state index in [4.69, 9.17) is 4.74 Å². The van der Waals surface area contributed by atoms with E-state index < -0.39 is 0 Å². The third kappa shape index (κ3) is 5.25. The van der Waals surface area contributed by atoms with Gasteiger partial charge in [0.1, 0.15) is 0 Å². The first-order valence-electron chi connectivity index (χ1n) is 7.75. The van der Waals surface area contributed by atoms with E-state index in [2.05, 4.69) is 12.2 Å². The lowest BCUT2D eigenvalue weighted by molar-refractivity contribution is 0.0302. The third-order valence-corrected chi connectivity index (χ3v) is 4.34. The van der Waals surface area contributed by atoms with Crippen LogP contribution in [0.2, 0.25) is 0 Å². The molecule has 2 rings (SSSR count). The van der Waals surface area contributed by atoms with Gasteiger partial charge in [-0.2, -0.15) is 0 Å². The molecule has 2 saturated carbocycles. The van der Waals surface area contributed by atoms with Gasteiger partial charge in [0.05, 0.1) is 12.7 Å².